The van der Waals surface area contributed by atoms with E-state index in [0.29, 0.717) is 17.1 Å². The van der Waals surface area contributed by atoms with Gasteiger partial charge in [0.05, 0.1) is 20.6 Å². The van der Waals surface area contributed by atoms with Gasteiger partial charge in [0.2, 0.25) is 0 Å². The zero-order valence-corrected chi connectivity index (χ0v) is 18.5. The van der Waals surface area contributed by atoms with Gasteiger partial charge in [-0.2, -0.15) is 0 Å². The Morgan fingerprint density at radius 3 is 2.56 bits per heavy atom. The molecule has 0 spiro atoms. The average molecular weight is 492 g/mol. The summed E-state index contributed by atoms with van der Waals surface area (Å²) in [7, 11) is -3.95. The van der Waals surface area contributed by atoms with E-state index in [-0.39, 0.29) is 38.7 Å². The van der Waals surface area contributed by atoms with Crippen LogP contribution in [0.25, 0.3) is 0 Å². The van der Waals surface area contributed by atoms with Gasteiger partial charge in [-0.05, 0) is 54.6 Å². The number of anilines is 3. The van der Waals surface area contributed by atoms with Gasteiger partial charge in [-0.25, -0.2) is 8.42 Å². The lowest BCUT2D eigenvalue weighted by Gasteiger charge is -2.18. The maximum atomic E-state index is 12.7. The molecule has 1 aliphatic rings. The Bertz CT molecular complexity index is 1350. The minimum Gasteiger partial charge on any atom is -0.482 e. The summed E-state index contributed by atoms with van der Waals surface area (Å²) in [6, 6.07) is 14.8. The van der Waals surface area contributed by atoms with E-state index in [2.05, 4.69) is 15.4 Å². The van der Waals surface area contributed by atoms with Gasteiger partial charge in [0.25, 0.3) is 21.8 Å². The first-order valence-electron chi connectivity index (χ1n) is 9.17. The Labute approximate surface area is 193 Å². The number of sulfonamides is 1. The quantitative estimate of drug-likeness (QED) is 0.490. The number of fused-ring (bicyclic) bond motifs is 1. The van der Waals surface area contributed by atoms with Gasteiger partial charge in [0.1, 0.15) is 5.75 Å². The molecule has 0 saturated heterocycles. The summed E-state index contributed by atoms with van der Waals surface area (Å²) < 4.78 is 33.0. The number of amides is 2. The van der Waals surface area contributed by atoms with Crippen LogP contribution in [0.1, 0.15) is 10.4 Å². The van der Waals surface area contributed by atoms with E-state index in [1.807, 2.05) is 0 Å². The monoisotopic (exact) mass is 491 g/mol. The van der Waals surface area contributed by atoms with E-state index in [9.17, 15) is 18.0 Å². The number of nitrogens with one attached hydrogen (secondary N) is 3. The molecule has 4 rings (SSSR count). The molecule has 2 amide bonds. The molecule has 1 heterocycles. The van der Waals surface area contributed by atoms with Crippen molar-refractivity contribution >= 4 is 62.1 Å². The number of carbonyl (C=O) groups is 2. The minimum atomic E-state index is -3.95. The standard InChI is InChI=1S/C21H15Cl2N3O5S/c22-16-6-5-15(10-17(16)23)32(29,30)26-14-3-1-2-12(8-14)21(28)24-13-4-7-19-18(9-13)25-20(27)11-31-19/h1-10,26H,11H2,(H,24,28)(H,25,27). The number of carbonyl (C=O) groups excluding carboxylic acids is 2. The number of benzene rings is 3. The molecule has 3 aromatic carbocycles. The maximum absolute atomic E-state index is 12.7. The van der Waals surface area contributed by atoms with E-state index in [0.717, 1.165) is 0 Å². The van der Waals surface area contributed by atoms with Crippen LogP contribution in [0.4, 0.5) is 17.1 Å². The van der Waals surface area contributed by atoms with E-state index in [4.69, 9.17) is 27.9 Å². The molecular formula is C21H15Cl2N3O5S. The van der Waals surface area contributed by atoms with Gasteiger partial charge in [-0.1, -0.05) is 29.3 Å². The Kier molecular flexibility index (Phi) is 5.96. The first-order valence-corrected chi connectivity index (χ1v) is 11.4. The normalized spacial score (nSPS) is 12.9. The number of ether oxygens (including phenoxy) is 1. The molecule has 164 valence electrons. The Morgan fingerprint density at radius 2 is 1.78 bits per heavy atom. The van der Waals surface area contributed by atoms with Gasteiger partial charge in [-0.3, -0.25) is 14.3 Å². The maximum Gasteiger partial charge on any atom is 0.262 e. The van der Waals surface area contributed by atoms with Crippen molar-refractivity contribution < 1.29 is 22.7 Å². The summed E-state index contributed by atoms with van der Waals surface area (Å²) in [6.45, 7) is -0.0658. The molecule has 1 aliphatic heterocycles. The van der Waals surface area contributed by atoms with Gasteiger partial charge >= 0.3 is 0 Å². The topological polar surface area (TPSA) is 114 Å². The number of halogens is 2. The van der Waals surface area contributed by atoms with Crippen LogP contribution in [0.3, 0.4) is 0 Å². The van der Waals surface area contributed by atoms with Crippen molar-refractivity contribution in [3.8, 4) is 5.75 Å². The van der Waals surface area contributed by atoms with Crippen molar-refractivity contribution in [2.24, 2.45) is 0 Å². The molecule has 11 heteroatoms. The highest BCUT2D eigenvalue weighted by atomic mass is 35.5. The van der Waals surface area contributed by atoms with Crippen molar-refractivity contribution in [1.29, 1.82) is 0 Å². The summed E-state index contributed by atoms with van der Waals surface area (Å²) in [6.07, 6.45) is 0. The molecule has 0 saturated carbocycles. The van der Waals surface area contributed by atoms with Crippen molar-refractivity contribution in [3.63, 3.8) is 0 Å². The summed E-state index contributed by atoms with van der Waals surface area (Å²) >= 11 is 11.8. The predicted molar refractivity (Wildman–Crippen MR) is 122 cm³/mol. The zero-order valence-electron chi connectivity index (χ0n) is 16.2. The minimum absolute atomic E-state index is 0.0658. The van der Waals surface area contributed by atoms with Gasteiger partial charge < -0.3 is 15.4 Å². The third-order valence-electron chi connectivity index (χ3n) is 4.45. The molecule has 3 aromatic rings. The smallest absolute Gasteiger partial charge is 0.262 e. The van der Waals surface area contributed by atoms with Crippen LogP contribution in [0, 0.1) is 0 Å². The number of hydrogen-bond acceptors (Lipinski definition) is 5. The SMILES string of the molecule is O=C1COc2ccc(NC(=O)c3cccc(NS(=O)(=O)c4ccc(Cl)c(Cl)c4)c3)cc2N1. The van der Waals surface area contributed by atoms with Crippen molar-refractivity contribution in [3.05, 3.63) is 76.3 Å². The summed E-state index contributed by atoms with van der Waals surface area (Å²) in [4.78, 5) is 24.1. The second-order valence-electron chi connectivity index (χ2n) is 6.76. The average Bonchev–Trinajstić information content (AvgIpc) is 2.75. The van der Waals surface area contributed by atoms with Crippen LogP contribution in [-0.4, -0.2) is 26.8 Å². The predicted octanol–water partition coefficient (Wildman–Crippen LogP) is 4.38. The van der Waals surface area contributed by atoms with Gasteiger partial charge in [-0.15, -0.1) is 0 Å². The molecular weight excluding hydrogens is 477 g/mol. The largest absolute Gasteiger partial charge is 0.482 e. The summed E-state index contributed by atoms with van der Waals surface area (Å²) in [5.41, 5.74) is 1.29. The zero-order chi connectivity index (χ0) is 22.9. The van der Waals surface area contributed by atoms with Gasteiger partial charge in [0, 0.05) is 16.9 Å². The van der Waals surface area contributed by atoms with E-state index in [1.54, 1.807) is 24.3 Å². The summed E-state index contributed by atoms with van der Waals surface area (Å²) in [5.74, 6) is -0.257. The highest BCUT2D eigenvalue weighted by Crippen LogP contribution is 2.31. The Balaban J connectivity index is 1.51. The van der Waals surface area contributed by atoms with Crippen LogP contribution in [0.15, 0.2) is 65.6 Å². The fourth-order valence-electron chi connectivity index (χ4n) is 2.95. The van der Waals surface area contributed by atoms with E-state index >= 15 is 0 Å². The highest BCUT2D eigenvalue weighted by Gasteiger charge is 2.18. The van der Waals surface area contributed by atoms with Crippen LogP contribution >= 0.6 is 23.2 Å². The molecule has 0 atom stereocenters. The number of hydrogen-bond donors (Lipinski definition) is 3. The fourth-order valence-corrected chi connectivity index (χ4v) is 4.38. The second kappa shape index (κ2) is 8.70. The molecule has 8 nitrogen and oxygen atoms in total. The Hall–Kier alpha value is -3.27. The van der Waals surface area contributed by atoms with Crippen LogP contribution in [0.5, 0.6) is 5.75 Å². The molecule has 3 N–H and O–H groups in total. The Morgan fingerprint density at radius 1 is 0.969 bits per heavy atom. The molecule has 32 heavy (non-hydrogen) atoms. The highest BCUT2D eigenvalue weighted by molar-refractivity contribution is 7.92. The first-order chi connectivity index (χ1) is 15.2. The lowest BCUT2D eigenvalue weighted by molar-refractivity contribution is -0.118. The van der Waals surface area contributed by atoms with Gasteiger partial charge in [0.15, 0.2) is 6.61 Å². The third-order valence-corrected chi connectivity index (χ3v) is 6.57. The molecule has 0 unspecified atom stereocenters. The summed E-state index contributed by atoms with van der Waals surface area (Å²) in [5, 5.41) is 5.70. The molecule has 0 radical (unpaired) electrons. The first kappa shape index (κ1) is 21.9. The van der Waals surface area contributed by atoms with Crippen LogP contribution in [-0.2, 0) is 14.8 Å². The van der Waals surface area contributed by atoms with E-state index < -0.39 is 15.9 Å². The molecule has 0 aromatic heterocycles. The lowest BCUT2D eigenvalue weighted by Crippen LogP contribution is -2.25. The van der Waals surface area contributed by atoms with Crippen LogP contribution in [0.2, 0.25) is 10.0 Å². The second-order valence-corrected chi connectivity index (χ2v) is 9.26. The third kappa shape index (κ3) is 4.80. The van der Waals surface area contributed by atoms with Crippen LogP contribution < -0.4 is 20.1 Å². The number of rotatable bonds is 5. The van der Waals surface area contributed by atoms with E-state index in [1.165, 1.54) is 36.4 Å². The lowest BCUT2D eigenvalue weighted by atomic mass is 10.1. The van der Waals surface area contributed by atoms with Crippen molar-refractivity contribution in [2.45, 2.75) is 4.90 Å². The van der Waals surface area contributed by atoms with Crippen molar-refractivity contribution in [2.75, 3.05) is 22.0 Å². The fraction of sp³-hybridized carbons (Fsp3) is 0.0476. The van der Waals surface area contributed by atoms with Crippen molar-refractivity contribution in [1.82, 2.24) is 0 Å². The molecule has 0 bridgehead atoms. The molecule has 0 fully saturated rings. The molecule has 0 aliphatic carbocycles.